The van der Waals surface area contributed by atoms with Gasteiger partial charge in [-0.1, -0.05) is 19.1 Å². The normalized spacial score (nSPS) is 14.3. The zero-order valence-electron chi connectivity index (χ0n) is 6.45. The number of hydrogen-bond acceptors (Lipinski definition) is 2. The molecule has 0 fully saturated rings. The number of unbranched alkanes of at least 4 members (excludes halogenated alkanes) is 1. The van der Waals surface area contributed by atoms with Gasteiger partial charge in [0.2, 0.25) is 0 Å². The average molecular weight is 144 g/mol. The fourth-order valence-electron chi connectivity index (χ4n) is 0.599. The van der Waals surface area contributed by atoms with Crippen molar-refractivity contribution in [1.82, 2.24) is 0 Å². The summed E-state index contributed by atoms with van der Waals surface area (Å²) in [7, 11) is 0. The van der Waals surface area contributed by atoms with Crippen molar-refractivity contribution >= 4 is 0 Å². The van der Waals surface area contributed by atoms with Crippen LogP contribution in [-0.2, 0) is 0 Å². The zero-order valence-corrected chi connectivity index (χ0v) is 6.45. The smallest absolute Gasteiger partial charge is 0.0718 e. The van der Waals surface area contributed by atoms with Crippen molar-refractivity contribution in [1.29, 1.82) is 0 Å². The fraction of sp³-hybridized carbons (Fsp3) is 0.750. The molecule has 0 heterocycles. The van der Waals surface area contributed by atoms with Crippen LogP contribution in [0.1, 0.15) is 26.2 Å². The molecular weight excluding hydrogens is 128 g/mol. The largest absolute Gasteiger partial charge is 0.396 e. The third kappa shape index (κ3) is 5.79. The maximum atomic E-state index is 9.01. The van der Waals surface area contributed by atoms with E-state index in [-0.39, 0.29) is 12.7 Å². The van der Waals surface area contributed by atoms with Crippen molar-refractivity contribution in [2.24, 2.45) is 0 Å². The van der Waals surface area contributed by atoms with Crippen LogP contribution < -0.4 is 0 Å². The summed E-state index contributed by atoms with van der Waals surface area (Å²) in [6, 6.07) is 0. The van der Waals surface area contributed by atoms with Crippen LogP contribution in [-0.4, -0.2) is 22.9 Å². The van der Waals surface area contributed by atoms with Gasteiger partial charge in [-0.3, -0.25) is 0 Å². The molecule has 0 aliphatic rings. The molecule has 2 N–H and O–H groups in total. The zero-order chi connectivity index (χ0) is 7.82. The molecule has 0 spiro atoms. The third-order valence-corrected chi connectivity index (χ3v) is 1.31. The van der Waals surface area contributed by atoms with Crippen LogP contribution >= 0.6 is 0 Å². The summed E-state index contributed by atoms with van der Waals surface area (Å²) >= 11 is 0. The van der Waals surface area contributed by atoms with Crippen LogP contribution in [0.15, 0.2) is 12.2 Å². The molecule has 2 nitrogen and oxygen atoms in total. The highest BCUT2D eigenvalue weighted by molar-refractivity contribution is 4.87. The first-order valence-corrected chi connectivity index (χ1v) is 3.76. The van der Waals surface area contributed by atoms with E-state index in [0.717, 1.165) is 19.3 Å². The van der Waals surface area contributed by atoms with Crippen LogP contribution in [0.5, 0.6) is 0 Å². The molecule has 1 unspecified atom stereocenters. The fourth-order valence-corrected chi connectivity index (χ4v) is 0.599. The lowest BCUT2D eigenvalue weighted by Crippen LogP contribution is -1.97. The highest BCUT2D eigenvalue weighted by Gasteiger charge is 1.90. The van der Waals surface area contributed by atoms with Crippen LogP contribution in [0, 0.1) is 0 Å². The van der Waals surface area contributed by atoms with E-state index in [1.54, 1.807) is 6.08 Å². The Morgan fingerprint density at radius 3 is 2.70 bits per heavy atom. The van der Waals surface area contributed by atoms with Crippen LogP contribution in [0.2, 0.25) is 0 Å². The van der Waals surface area contributed by atoms with Gasteiger partial charge in [-0.05, 0) is 19.3 Å². The van der Waals surface area contributed by atoms with Gasteiger partial charge < -0.3 is 10.2 Å². The SMILES string of the molecule is CCC(O)/C=C/CCCO. The van der Waals surface area contributed by atoms with E-state index >= 15 is 0 Å². The Morgan fingerprint density at radius 1 is 1.50 bits per heavy atom. The van der Waals surface area contributed by atoms with E-state index in [2.05, 4.69) is 0 Å². The molecule has 0 amide bonds. The maximum absolute atomic E-state index is 9.01. The number of rotatable bonds is 5. The van der Waals surface area contributed by atoms with Crippen LogP contribution in [0.4, 0.5) is 0 Å². The Morgan fingerprint density at radius 2 is 2.20 bits per heavy atom. The van der Waals surface area contributed by atoms with E-state index in [1.165, 1.54) is 0 Å². The second kappa shape index (κ2) is 6.78. The summed E-state index contributed by atoms with van der Waals surface area (Å²) in [6.07, 6.45) is 5.77. The quantitative estimate of drug-likeness (QED) is 0.448. The molecule has 0 bridgehead atoms. The molecule has 0 rings (SSSR count). The Balaban J connectivity index is 3.18. The molecule has 0 aromatic rings. The molecule has 0 saturated carbocycles. The Labute approximate surface area is 62.2 Å². The molecule has 10 heavy (non-hydrogen) atoms. The van der Waals surface area contributed by atoms with Gasteiger partial charge in [-0.2, -0.15) is 0 Å². The van der Waals surface area contributed by atoms with E-state index in [9.17, 15) is 0 Å². The first-order valence-electron chi connectivity index (χ1n) is 3.76. The summed E-state index contributed by atoms with van der Waals surface area (Å²) in [5.41, 5.74) is 0. The molecule has 60 valence electrons. The second-order valence-corrected chi connectivity index (χ2v) is 2.27. The molecule has 0 saturated heterocycles. The Hall–Kier alpha value is -0.340. The van der Waals surface area contributed by atoms with Crippen molar-refractivity contribution in [3.8, 4) is 0 Å². The molecule has 0 aromatic heterocycles. The number of hydrogen-bond donors (Lipinski definition) is 2. The highest BCUT2D eigenvalue weighted by Crippen LogP contribution is 1.95. The molecule has 0 aliphatic heterocycles. The van der Waals surface area contributed by atoms with E-state index < -0.39 is 0 Å². The number of aliphatic hydroxyl groups is 2. The minimum Gasteiger partial charge on any atom is -0.396 e. The highest BCUT2D eigenvalue weighted by atomic mass is 16.3. The van der Waals surface area contributed by atoms with Gasteiger partial charge in [-0.25, -0.2) is 0 Å². The average Bonchev–Trinajstić information content (AvgIpc) is 1.98. The van der Waals surface area contributed by atoms with Gasteiger partial charge >= 0.3 is 0 Å². The first kappa shape index (κ1) is 9.66. The van der Waals surface area contributed by atoms with Crippen LogP contribution in [0.3, 0.4) is 0 Å². The van der Waals surface area contributed by atoms with Gasteiger partial charge in [0.15, 0.2) is 0 Å². The molecule has 2 heteroatoms. The van der Waals surface area contributed by atoms with Crippen molar-refractivity contribution < 1.29 is 10.2 Å². The van der Waals surface area contributed by atoms with E-state index in [1.807, 2.05) is 13.0 Å². The predicted octanol–water partition coefficient (Wildman–Crippen LogP) is 1.09. The minimum atomic E-state index is -0.307. The standard InChI is InChI=1S/C8H16O2/c1-2-8(10)6-4-3-5-7-9/h4,6,8-10H,2-3,5,7H2,1H3/b6-4+. The molecule has 0 aliphatic carbocycles. The summed E-state index contributed by atoms with van der Waals surface area (Å²) < 4.78 is 0. The van der Waals surface area contributed by atoms with Gasteiger partial charge in [-0.15, -0.1) is 0 Å². The Bertz CT molecular complexity index is 89.3. The molecule has 1 atom stereocenters. The van der Waals surface area contributed by atoms with Crippen molar-refractivity contribution in [3.63, 3.8) is 0 Å². The van der Waals surface area contributed by atoms with Crippen molar-refractivity contribution in [2.45, 2.75) is 32.3 Å². The summed E-state index contributed by atoms with van der Waals surface area (Å²) in [5.74, 6) is 0. The maximum Gasteiger partial charge on any atom is 0.0718 e. The van der Waals surface area contributed by atoms with Crippen molar-refractivity contribution in [2.75, 3.05) is 6.61 Å². The molecule has 0 aromatic carbocycles. The van der Waals surface area contributed by atoms with Gasteiger partial charge in [0.1, 0.15) is 0 Å². The second-order valence-electron chi connectivity index (χ2n) is 2.27. The van der Waals surface area contributed by atoms with Crippen molar-refractivity contribution in [3.05, 3.63) is 12.2 Å². The first-order chi connectivity index (χ1) is 4.81. The van der Waals surface area contributed by atoms with Gasteiger partial charge in [0.25, 0.3) is 0 Å². The number of allylic oxidation sites excluding steroid dienone is 1. The molecule has 0 radical (unpaired) electrons. The Kier molecular flexibility index (Phi) is 6.55. The minimum absolute atomic E-state index is 0.229. The number of aliphatic hydroxyl groups excluding tert-OH is 2. The summed E-state index contributed by atoms with van der Waals surface area (Å²) in [5, 5.41) is 17.4. The third-order valence-electron chi connectivity index (χ3n) is 1.31. The van der Waals surface area contributed by atoms with Gasteiger partial charge in [0, 0.05) is 6.61 Å². The molecular formula is C8H16O2. The summed E-state index contributed by atoms with van der Waals surface area (Å²) in [4.78, 5) is 0. The monoisotopic (exact) mass is 144 g/mol. The topological polar surface area (TPSA) is 40.5 Å². The summed E-state index contributed by atoms with van der Waals surface area (Å²) in [6.45, 7) is 2.16. The van der Waals surface area contributed by atoms with E-state index in [0.29, 0.717) is 0 Å². The lowest BCUT2D eigenvalue weighted by Gasteiger charge is -1.97. The lowest BCUT2D eigenvalue weighted by molar-refractivity contribution is 0.218. The van der Waals surface area contributed by atoms with Crippen LogP contribution in [0.25, 0.3) is 0 Å². The predicted molar refractivity (Wildman–Crippen MR) is 41.8 cm³/mol. The van der Waals surface area contributed by atoms with Gasteiger partial charge in [0.05, 0.1) is 6.10 Å². The lowest BCUT2D eigenvalue weighted by atomic mass is 10.2. The van der Waals surface area contributed by atoms with E-state index in [4.69, 9.17) is 10.2 Å².